The average Bonchev–Trinajstić information content (AvgIpc) is 2.27. The minimum Gasteiger partial charge on any atom is -0.481 e. The quantitative estimate of drug-likeness (QED) is 0.846. The van der Waals surface area contributed by atoms with Crippen molar-refractivity contribution in [2.45, 2.75) is 26.7 Å². The van der Waals surface area contributed by atoms with Crippen LogP contribution in [0.4, 0.5) is 0 Å². The van der Waals surface area contributed by atoms with Gasteiger partial charge in [0.1, 0.15) is 0 Å². The van der Waals surface area contributed by atoms with E-state index in [1.54, 1.807) is 38.1 Å². The molecule has 0 amide bonds. The molecule has 17 heavy (non-hydrogen) atoms. The number of hydrogen-bond donors (Lipinski definition) is 1. The van der Waals surface area contributed by atoms with E-state index in [4.69, 9.17) is 5.11 Å². The molecule has 0 aliphatic carbocycles. The van der Waals surface area contributed by atoms with Crippen LogP contribution in [0.3, 0.4) is 0 Å². The summed E-state index contributed by atoms with van der Waals surface area (Å²) in [5.41, 5.74) is -0.236. The Bertz CT molecular complexity index is 421. The molecule has 1 rings (SSSR count). The van der Waals surface area contributed by atoms with Crippen LogP contribution in [0.15, 0.2) is 28.7 Å². The first-order valence-corrected chi connectivity index (χ1v) is 6.14. The standard InChI is InChI=1S/C13H15BrO3/c1-13(2,12(16)17)8-7-11(15)9-3-5-10(14)6-4-9/h3-6H,7-8H2,1-2H3,(H,16,17). The highest BCUT2D eigenvalue weighted by Gasteiger charge is 2.27. The van der Waals surface area contributed by atoms with Gasteiger partial charge in [0, 0.05) is 16.5 Å². The lowest BCUT2D eigenvalue weighted by atomic mass is 9.86. The average molecular weight is 299 g/mol. The van der Waals surface area contributed by atoms with Crippen LogP contribution in [0, 0.1) is 5.41 Å². The number of ketones is 1. The third kappa shape index (κ3) is 3.97. The first-order chi connectivity index (χ1) is 7.83. The summed E-state index contributed by atoms with van der Waals surface area (Å²) in [4.78, 5) is 22.7. The summed E-state index contributed by atoms with van der Waals surface area (Å²) in [5, 5.41) is 8.94. The Hall–Kier alpha value is -1.16. The van der Waals surface area contributed by atoms with Crippen LogP contribution in [-0.4, -0.2) is 16.9 Å². The second-order valence-electron chi connectivity index (χ2n) is 4.62. The maximum absolute atomic E-state index is 11.8. The first kappa shape index (κ1) is 13.9. The molecule has 1 N–H and O–H groups in total. The SMILES string of the molecule is CC(C)(CCC(=O)c1ccc(Br)cc1)C(=O)O. The van der Waals surface area contributed by atoms with Gasteiger partial charge in [-0.15, -0.1) is 0 Å². The Morgan fingerprint density at radius 3 is 2.24 bits per heavy atom. The van der Waals surface area contributed by atoms with Gasteiger partial charge in [-0.3, -0.25) is 9.59 Å². The van der Waals surface area contributed by atoms with Crippen molar-refractivity contribution in [1.82, 2.24) is 0 Å². The topological polar surface area (TPSA) is 54.4 Å². The molecule has 1 aromatic rings. The summed E-state index contributed by atoms with van der Waals surface area (Å²) in [6.45, 7) is 3.26. The third-order valence-corrected chi connectivity index (χ3v) is 3.25. The van der Waals surface area contributed by atoms with Crippen molar-refractivity contribution in [3.05, 3.63) is 34.3 Å². The number of benzene rings is 1. The fourth-order valence-corrected chi connectivity index (χ4v) is 1.58. The lowest BCUT2D eigenvalue weighted by Gasteiger charge is -2.18. The maximum atomic E-state index is 11.8. The van der Waals surface area contributed by atoms with Gasteiger partial charge in [0.15, 0.2) is 5.78 Å². The van der Waals surface area contributed by atoms with E-state index in [1.807, 2.05) is 0 Å². The third-order valence-electron chi connectivity index (χ3n) is 2.72. The molecule has 0 saturated heterocycles. The van der Waals surface area contributed by atoms with Gasteiger partial charge >= 0.3 is 5.97 Å². The highest BCUT2D eigenvalue weighted by Crippen LogP contribution is 2.24. The Balaban J connectivity index is 2.62. The van der Waals surface area contributed by atoms with Crippen LogP contribution in [-0.2, 0) is 4.79 Å². The normalized spacial score (nSPS) is 11.2. The van der Waals surface area contributed by atoms with E-state index in [-0.39, 0.29) is 12.2 Å². The van der Waals surface area contributed by atoms with Crippen molar-refractivity contribution < 1.29 is 14.7 Å². The van der Waals surface area contributed by atoms with Crippen molar-refractivity contribution in [3.63, 3.8) is 0 Å². The Labute approximate surface area is 109 Å². The van der Waals surface area contributed by atoms with E-state index in [9.17, 15) is 9.59 Å². The van der Waals surface area contributed by atoms with Crippen molar-refractivity contribution in [2.75, 3.05) is 0 Å². The minimum atomic E-state index is -0.874. The van der Waals surface area contributed by atoms with E-state index >= 15 is 0 Å². The van der Waals surface area contributed by atoms with Crippen molar-refractivity contribution in [2.24, 2.45) is 5.41 Å². The molecule has 0 aliphatic heterocycles. The molecule has 0 heterocycles. The van der Waals surface area contributed by atoms with Gasteiger partial charge in [-0.2, -0.15) is 0 Å². The molecule has 92 valence electrons. The summed E-state index contributed by atoms with van der Waals surface area (Å²) in [6.07, 6.45) is 0.595. The molecule has 0 aliphatic rings. The summed E-state index contributed by atoms with van der Waals surface area (Å²) in [7, 11) is 0. The zero-order valence-corrected chi connectivity index (χ0v) is 11.5. The molecule has 0 spiro atoms. The maximum Gasteiger partial charge on any atom is 0.309 e. The van der Waals surface area contributed by atoms with Crippen LogP contribution in [0.25, 0.3) is 0 Å². The molecular formula is C13H15BrO3. The molecule has 3 nitrogen and oxygen atoms in total. The van der Waals surface area contributed by atoms with Gasteiger partial charge in [-0.1, -0.05) is 28.1 Å². The molecule has 0 bridgehead atoms. The fraction of sp³-hybridized carbons (Fsp3) is 0.385. The van der Waals surface area contributed by atoms with Gasteiger partial charge in [-0.05, 0) is 32.4 Å². The Kier molecular flexibility index (Phi) is 4.46. The number of Topliss-reactive ketones (excluding diaryl/α,β-unsaturated/α-hetero) is 1. The lowest BCUT2D eigenvalue weighted by molar-refractivity contribution is -0.147. The number of carboxylic acids is 1. The van der Waals surface area contributed by atoms with Crippen molar-refractivity contribution in [3.8, 4) is 0 Å². The number of carbonyl (C=O) groups is 2. The van der Waals surface area contributed by atoms with Crippen molar-refractivity contribution >= 4 is 27.7 Å². The predicted molar refractivity (Wildman–Crippen MR) is 69.1 cm³/mol. The summed E-state index contributed by atoms with van der Waals surface area (Å²) in [5.74, 6) is -0.895. The Morgan fingerprint density at radius 1 is 1.24 bits per heavy atom. The zero-order valence-electron chi connectivity index (χ0n) is 9.87. The molecule has 1 aromatic carbocycles. The highest BCUT2D eigenvalue weighted by atomic mass is 79.9. The molecule has 4 heteroatoms. The largest absolute Gasteiger partial charge is 0.481 e. The molecule has 0 radical (unpaired) electrons. The van der Waals surface area contributed by atoms with E-state index in [0.29, 0.717) is 12.0 Å². The number of carbonyl (C=O) groups excluding carboxylic acids is 1. The van der Waals surface area contributed by atoms with Crippen LogP contribution in [0.5, 0.6) is 0 Å². The smallest absolute Gasteiger partial charge is 0.309 e. The van der Waals surface area contributed by atoms with Crippen LogP contribution >= 0.6 is 15.9 Å². The van der Waals surface area contributed by atoms with Gasteiger partial charge < -0.3 is 5.11 Å². The fourth-order valence-electron chi connectivity index (χ4n) is 1.31. The first-order valence-electron chi connectivity index (χ1n) is 5.35. The van der Waals surface area contributed by atoms with Gasteiger partial charge in [0.2, 0.25) is 0 Å². The van der Waals surface area contributed by atoms with Crippen LogP contribution < -0.4 is 0 Å². The monoisotopic (exact) mass is 298 g/mol. The van der Waals surface area contributed by atoms with E-state index in [2.05, 4.69) is 15.9 Å². The van der Waals surface area contributed by atoms with E-state index in [0.717, 1.165) is 4.47 Å². The molecule has 0 fully saturated rings. The van der Waals surface area contributed by atoms with Gasteiger partial charge in [0.25, 0.3) is 0 Å². The number of carboxylic acid groups (broad SMARTS) is 1. The van der Waals surface area contributed by atoms with Gasteiger partial charge in [0.05, 0.1) is 5.41 Å². The number of hydrogen-bond acceptors (Lipinski definition) is 2. The van der Waals surface area contributed by atoms with Crippen LogP contribution in [0.2, 0.25) is 0 Å². The highest BCUT2D eigenvalue weighted by molar-refractivity contribution is 9.10. The lowest BCUT2D eigenvalue weighted by Crippen LogP contribution is -2.24. The predicted octanol–water partition coefficient (Wildman–Crippen LogP) is 3.52. The van der Waals surface area contributed by atoms with Gasteiger partial charge in [-0.25, -0.2) is 0 Å². The minimum absolute atomic E-state index is 0.0215. The van der Waals surface area contributed by atoms with E-state index in [1.165, 1.54) is 0 Å². The number of aliphatic carboxylic acids is 1. The molecule has 0 saturated carbocycles. The number of rotatable bonds is 5. The molecule has 0 aromatic heterocycles. The summed E-state index contributed by atoms with van der Waals surface area (Å²) >= 11 is 3.30. The Morgan fingerprint density at radius 2 is 1.76 bits per heavy atom. The second-order valence-corrected chi connectivity index (χ2v) is 5.53. The van der Waals surface area contributed by atoms with Crippen molar-refractivity contribution in [1.29, 1.82) is 0 Å². The molecule has 0 atom stereocenters. The summed E-state index contributed by atoms with van der Waals surface area (Å²) < 4.78 is 0.917. The second kappa shape index (κ2) is 5.45. The number of halogens is 1. The zero-order chi connectivity index (χ0) is 13.1. The van der Waals surface area contributed by atoms with E-state index < -0.39 is 11.4 Å². The van der Waals surface area contributed by atoms with Crippen LogP contribution in [0.1, 0.15) is 37.0 Å². The molecular weight excluding hydrogens is 284 g/mol. The summed E-state index contributed by atoms with van der Waals surface area (Å²) in [6, 6.07) is 7.07. The molecule has 0 unspecified atom stereocenters.